The van der Waals surface area contributed by atoms with E-state index < -0.39 is 0 Å². The second-order valence-corrected chi connectivity index (χ2v) is 4.16. The number of halogens is 1. The van der Waals surface area contributed by atoms with E-state index in [2.05, 4.69) is 24.1 Å². The predicted molar refractivity (Wildman–Crippen MR) is 72.4 cm³/mol. The van der Waals surface area contributed by atoms with E-state index in [0.717, 1.165) is 26.2 Å². The summed E-state index contributed by atoms with van der Waals surface area (Å²) in [5.74, 6) is 0.0668. The van der Waals surface area contributed by atoms with Crippen LogP contribution in [-0.4, -0.2) is 38.2 Å². The monoisotopic (exact) mass is 254 g/mol. The minimum absolute atomic E-state index is 0.248. The molecular weight excluding hydrogens is 231 g/mol. The minimum Gasteiger partial charge on any atom is -0.494 e. The zero-order chi connectivity index (χ0) is 13.4. The van der Waals surface area contributed by atoms with Crippen LogP contribution < -0.4 is 10.1 Å². The van der Waals surface area contributed by atoms with Crippen LogP contribution in [-0.2, 0) is 6.54 Å². The molecule has 0 fully saturated rings. The molecule has 0 aliphatic carbocycles. The van der Waals surface area contributed by atoms with Gasteiger partial charge in [-0.25, -0.2) is 4.39 Å². The first kappa shape index (κ1) is 14.9. The van der Waals surface area contributed by atoms with Crippen LogP contribution in [0.4, 0.5) is 4.39 Å². The Morgan fingerprint density at radius 3 is 2.72 bits per heavy atom. The Labute approximate surface area is 109 Å². The normalized spacial score (nSPS) is 10.9. The molecule has 0 unspecified atom stereocenters. The molecule has 0 bridgehead atoms. The van der Waals surface area contributed by atoms with Gasteiger partial charge in [0.05, 0.1) is 7.11 Å². The maximum absolute atomic E-state index is 14.0. The van der Waals surface area contributed by atoms with Crippen LogP contribution in [0, 0.1) is 5.82 Å². The van der Waals surface area contributed by atoms with Crippen LogP contribution >= 0.6 is 0 Å². The number of ether oxygens (including phenoxy) is 1. The molecule has 0 saturated carbocycles. The van der Waals surface area contributed by atoms with Crippen molar-refractivity contribution < 1.29 is 9.13 Å². The Hall–Kier alpha value is -1.13. The molecule has 0 spiro atoms. The summed E-state index contributed by atoms with van der Waals surface area (Å²) >= 11 is 0. The number of methoxy groups -OCH3 is 1. The largest absolute Gasteiger partial charge is 0.494 e. The lowest BCUT2D eigenvalue weighted by atomic mass is 10.2. The van der Waals surface area contributed by atoms with Gasteiger partial charge in [0.1, 0.15) is 0 Å². The quantitative estimate of drug-likeness (QED) is 0.720. The van der Waals surface area contributed by atoms with E-state index in [1.807, 2.05) is 12.1 Å². The summed E-state index contributed by atoms with van der Waals surface area (Å²) in [7, 11) is 1.49. The van der Waals surface area contributed by atoms with Gasteiger partial charge in [-0.3, -0.25) is 4.90 Å². The molecule has 18 heavy (non-hydrogen) atoms. The van der Waals surface area contributed by atoms with E-state index in [9.17, 15) is 4.39 Å². The fourth-order valence-electron chi connectivity index (χ4n) is 1.84. The second kappa shape index (κ2) is 8.06. The zero-order valence-corrected chi connectivity index (χ0v) is 11.5. The zero-order valence-electron chi connectivity index (χ0n) is 11.5. The summed E-state index contributed by atoms with van der Waals surface area (Å²) in [6, 6.07) is 5.29. The molecule has 0 heterocycles. The van der Waals surface area contributed by atoms with Crippen LogP contribution in [0.15, 0.2) is 18.2 Å². The molecule has 0 atom stereocenters. The molecule has 4 heteroatoms. The Balaban J connectivity index is 2.63. The SMILES string of the molecule is CCNCCN(CC)Cc1cccc(OC)c1F. The van der Waals surface area contributed by atoms with Gasteiger partial charge in [0.25, 0.3) is 0 Å². The van der Waals surface area contributed by atoms with Gasteiger partial charge in [-0.05, 0) is 19.2 Å². The van der Waals surface area contributed by atoms with Gasteiger partial charge in [-0.2, -0.15) is 0 Å². The first-order valence-corrected chi connectivity index (χ1v) is 6.47. The Morgan fingerprint density at radius 2 is 2.11 bits per heavy atom. The number of hydrogen-bond acceptors (Lipinski definition) is 3. The molecule has 0 saturated heterocycles. The first-order valence-electron chi connectivity index (χ1n) is 6.47. The molecule has 0 radical (unpaired) electrons. The van der Waals surface area contributed by atoms with Crippen molar-refractivity contribution >= 4 is 0 Å². The van der Waals surface area contributed by atoms with E-state index in [1.54, 1.807) is 6.07 Å². The number of benzene rings is 1. The molecule has 0 aliphatic rings. The highest BCUT2D eigenvalue weighted by molar-refractivity contribution is 5.30. The van der Waals surface area contributed by atoms with Crippen LogP contribution in [0.3, 0.4) is 0 Å². The maximum atomic E-state index is 14.0. The Morgan fingerprint density at radius 1 is 1.33 bits per heavy atom. The molecule has 0 amide bonds. The van der Waals surface area contributed by atoms with Crippen molar-refractivity contribution in [3.05, 3.63) is 29.6 Å². The van der Waals surface area contributed by atoms with Crippen LogP contribution in [0.5, 0.6) is 5.75 Å². The predicted octanol–water partition coefficient (Wildman–Crippen LogP) is 2.27. The Kier molecular flexibility index (Phi) is 6.68. The summed E-state index contributed by atoms with van der Waals surface area (Å²) in [6.45, 7) is 8.50. The molecule has 1 N–H and O–H groups in total. The van der Waals surface area contributed by atoms with E-state index in [0.29, 0.717) is 17.9 Å². The fourth-order valence-corrected chi connectivity index (χ4v) is 1.84. The van der Waals surface area contributed by atoms with Gasteiger partial charge in [0.2, 0.25) is 0 Å². The van der Waals surface area contributed by atoms with E-state index in [-0.39, 0.29) is 5.82 Å². The van der Waals surface area contributed by atoms with Crippen molar-refractivity contribution in [3.8, 4) is 5.75 Å². The van der Waals surface area contributed by atoms with Gasteiger partial charge in [0.15, 0.2) is 11.6 Å². The van der Waals surface area contributed by atoms with E-state index in [4.69, 9.17) is 4.74 Å². The summed E-state index contributed by atoms with van der Waals surface area (Å²) in [4.78, 5) is 2.21. The van der Waals surface area contributed by atoms with Gasteiger partial charge in [-0.1, -0.05) is 26.0 Å². The molecule has 0 aromatic heterocycles. The van der Waals surface area contributed by atoms with Crippen LogP contribution in [0.2, 0.25) is 0 Å². The van der Waals surface area contributed by atoms with Crippen LogP contribution in [0.25, 0.3) is 0 Å². The van der Waals surface area contributed by atoms with Crippen molar-refractivity contribution in [2.75, 3.05) is 33.3 Å². The average Bonchev–Trinajstić information content (AvgIpc) is 2.40. The average molecular weight is 254 g/mol. The van der Waals surface area contributed by atoms with Crippen LogP contribution in [0.1, 0.15) is 19.4 Å². The van der Waals surface area contributed by atoms with Gasteiger partial charge in [-0.15, -0.1) is 0 Å². The molecule has 102 valence electrons. The standard InChI is InChI=1S/C14H23FN2O/c1-4-16-9-10-17(5-2)11-12-7-6-8-13(18-3)14(12)15/h6-8,16H,4-5,9-11H2,1-3H3. The lowest BCUT2D eigenvalue weighted by Crippen LogP contribution is -2.31. The lowest BCUT2D eigenvalue weighted by Gasteiger charge is -2.21. The second-order valence-electron chi connectivity index (χ2n) is 4.16. The van der Waals surface area contributed by atoms with Gasteiger partial charge < -0.3 is 10.1 Å². The highest BCUT2D eigenvalue weighted by Gasteiger charge is 2.11. The number of hydrogen-bond donors (Lipinski definition) is 1. The number of rotatable bonds is 8. The summed E-state index contributed by atoms with van der Waals surface area (Å²) in [5, 5.41) is 3.28. The number of likely N-dealkylation sites (N-methyl/N-ethyl adjacent to an activating group) is 2. The molecule has 3 nitrogen and oxygen atoms in total. The molecule has 0 aliphatic heterocycles. The highest BCUT2D eigenvalue weighted by atomic mass is 19.1. The third kappa shape index (κ3) is 4.27. The molecule has 1 rings (SSSR count). The smallest absolute Gasteiger partial charge is 0.169 e. The van der Waals surface area contributed by atoms with Crippen molar-refractivity contribution in [2.45, 2.75) is 20.4 Å². The Bertz CT molecular complexity index is 358. The molecule has 1 aromatic carbocycles. The maximum Gasteiger partial charge on any atom is 0.169 e. The lowest BCUT2D eigenvalue weighted by molar-refractivity contribution is 0.274. The topological polar surface area (TPSA) is 24.5 Å². The van der Waals surface area contributed by atoms with Gasteiger partial charge >= 0.3 is 0 Å². The minimum atomic E-state index is -0.248. The third-order valence-corrected chi connectivity index (χ3v) is 2.96. The molecule has 1 aromatic rings. The first-order chi connectivity index (χ1) is 8.72. The summed E-state index contributed by atoms with van der Waals surface area (Å²) < 4.78 is 19.0. The number of nitrogens with zero attached hydrogens (tertiary/aromatic N) is 1. The third-order valence-electron chi connectivity index (χ3n) is 2.96. The molecular formula is C14H23FN2O. The van der Waals surface area contributed by atoms with Crippen molar-refractivity contribution in [1.82, 2.24) is 10.2 Å². The van der Waals surface area contributed by atoms with Crippen molar-refractivity contribution in [1.29, 1.82) is 0 Å². The van der Waals surface area contributed by atoms with Crippen molar-refractivity contribution in [3.63, 3.8) is 0 Å². The highest BCUT2D eigenvalue weighted by Crippen LogP contribution is 2.20. The summed E-state index contributed by atoms with van der Waals surface area (Å²) in [6.07, 6.45) is 0. The fraction of sp³-hybridized carbons (Fsp3) is 0.571. The van der Waals surface area contributed by atoms with Crippen molar-refractivity contribution in [2.24, 2.45) is 0 Å². The summed E-state index contributed by atoms with van der Waals surface area (Å²) in [5.41, 5.74) is 0.688. The van der Waals surface area contributed by atoms with Gasteiger partial charge in [0, 0.05) is 25.2 Å². The van der Waals surface area contributed by atoms with E-state index >= 15 is 0 Å². The van der Waals surface area contributed by atoms with E-state index in [1.165, 1.54) is 7.11 Å². The number of nitrogens with one attached hydrogen (secondary N) is 1.